The highest BCUT2D eigenvalue weighted by molar-refractivity contribution is 9.10. The smallest absolute Gasteiger partial charge is 0.122 e. The van der Waals surface area contributed by atoms with Crippen LogP contribution in [0, 0.1) is 11.3 Å². The van der Waals surface area contributed by atoms with Gasteiger partial charge in [-0.1, -0.05) is 24.3 Å². The van der Waals surface area contributed by atoms with Crippen LogP contribution >= 0.6 is 15.9 Å². The van der Waals surface area contributed by atoms with Crippen LogP contribution in [0.15, 0.2) is 53.0 Å². The molecule has 0 fully saturated rings. The monoisotopic (exact) mass is 344 g/mol. The van der Waals surface area contributed by atoms with E-state index in [1.807, 2.05) is 43.3 Å². The number of hydrogen-bond donors (Lipinski definition) is 2. The predicted molar refractivity (Wildman–Crippen MR) is 88.2 cm³/mol. The molecule has 0 aliphatic rings. The molecule has 1 atom stereocenters. The zero-order chi connectivity index (χ0) is 15.3. The zero-order valence-corrected chi connectivity index (χ0v) is 13.4. The van der Waals surface area contributed by atoms with Crippen LogP contribution in [-0.4, -0.2) is 10.6 Å². The van der Waals surface area contributed by atoms with E-state index in [0.29, 0.717) is 6.42 Å². The highest BCUT2D eigenvalue weighted by Crippen LogP contribution is 2.27. The van der Waals surface area contributed by atoms with Gasteiger partial charge in [0.2, 0.25) is 0 Å². The summed E-state index contributed by atoms with van der Waals surface area (Å²) >= 11 is 3.48. The molecule has 0 aliphatic heterocycles. The predicted octanol–water partition coefficient (Wildman–Crippen LogP) is 4.48. The Balaban J connectivity index is 2.06. The second-order valence-corrected chi connectivity index (χ2v) is 6.07. The first-order chi connectivity index (χ1) is 10.0. The van der Waals surface area contributed by atoms with Crippen LogP contribution in [-0.2, 0) is 6.42 Å². The van der Waals surface area contributed by atoms with Crippen LogP contribution in [0.4, 0.5) is 5.69 Å². The molecule has 2 aromatic rings. The summed E-state index contributed by atoms with van der Waals surface area (Å²) in [6.07, 6.45) is 1.44. The van der Waals surface area contributed by atoms with Crippen LogP contribution in [0.3, 0.4) is 0 Å². The number of benzene rings is 2. The average molecular weight is 345 g/mol. The van der Waals surface area contributed by atoms with Crippen LogP contribution in [0.25, 0.3) is 0 Å². The first-order valence-corrected chi connectivity index (χ1v) is 7.54. The zero-order valence-electron chi connectivity index (χ0n) is 11.8. The third kappa shape index (κ3) is 4.24. The topological polar surface area (TPSA) is 56.0 Å². The molecule has 2 aromatic carbocycles. The molecule has 2 N–H and O–H groups in total. The van der Waals surface area contributed by atoms with Gasteiger partial charge in [0.25, 0.3) is 0 Å². The van der Waals surface area contributed by atoms with Crippen molar-refractivity contribution in [2.75, 3.05) is 5.32 Å². The molecule has 108 valence electrons. The van der Waals surface area contributed by atoms with Gasteiger partial charge >= 0.3 is 0 Å². The molecule has 0 heterocycles. The van der Waals surface area contributed by atoms with Crippen molar-refractivity contribution in [2.24, 2.45) is 0 Å². The minimum Gasteiger partial charge on any atom is -0.508 e. The summed E-state index contributed by atoms with van der Waals surface area (Å²) in [4.78, 5) is 0. The number of para-hydroxylation sites is 1. The van der Waals surface area contributed by atoms with Gasteiger partial charge in [0, 0.05) is 10.2 Å². The molecule has 0 bridgehead atoms. The van der Waals surface area contributed by atoms with E-state index in [0.717, 1.165) is 22.1 Å². The van der Waals surface area contributed by atoms with Crippen LogP contribution < -0.4 is 5.32 Å². The van der Waals surface area contributed by atoms with E-state index >= 15 is 0 Å². The van der Waals surface area contributed by atoms with Crippen LogP contribution in [0.2, 0.25) is 0 Å². The summed E-state index contributed by atoms with van der Waals surface area (Å²) < 4.78 is 0.941. The fourth-order valence-corrected chi connectivity index (χ4v) is 2.45. The molecule has 2 rings (SSSR count). The molecule has 0 aliphatic carbocycles. The Kier molecular flexibility index (Phi) is 4.87. The number of nitrogens with zero attached hydrogens (tertiary/aromatic N) is 1. The molecule has 0 radical (unpaired) electrons. The van der Waals surface area contributed by atoms with Crippen molar-refractivity contribution >= 4 is 21.6 Å². The molecule has 0 saturated heterocycles. The first-order valence-electron chi connectivity index (χ1n) is 6.74. The fraction of sp³-hybridized carbons (Fsp3) is 0.235. The van der Waals surface area contributed by atoms with Gasteiger partial charge in [0.1, 0.15) is 11.3 Å². The van der Waals surface area contributed by atoms with E-state index in [1.165, 1.54) is 0 Å². The molecule has 4 heteroatoms. The molecule has 0 spiro atoms. The molecule has 0 amide bonds. The standard InChI is InChI=1S/C17H17BrN2O/c1-17(12-19,20-16-5-3-2-4-15(16)18)11-10-13-6-8-14(21)9-7-13/h2-9,20-21H,10-11H2,1H3. The van der Waals surface area contributed by atoms with E-state index < -0.39 is 5.54 Å². The van der Waals surface area contributed by atoms with E-state index in [1.54, 1.807) is 12.1 Å². The minimum absolute atomic E-state index is 0.258. The maximum absolute atomic E-state index is 9.49. The van der Waals surface area contributed by atoms with Crippen LogP contribution in [0.5, 0.6) is 5.75 Å². The van der Waals surface area contributed by atoms with E-state index in [9.17, 15) is 10.4 Å². The van der Waals surface area contributed by atoms with Gasteiger partial charge < -0.3 is 10.4 Å². The molecule has 21 heavy (non-hydrogen) atoms. The highest BCUT2D eigenvalue weighted by Gasteiger charge is 2.24. The van der Waals surface area contributed by atoms with Crippen molar-refractivity contribution in [2.45, 2.75) is 25.3 Å². The van der Waals surface area contributed by atoms with E-state index in [-0.39, 0.29) is 5.75 Å². The van der Waals surface area contributed by atoms with Gasteiger partial charge in [-0.15, -0.1) is 0 Å². The van der Waals surface area contributed by atoms with Gasteiger partial charge in [-0.3, -0.25) is 0 Å². The molecular weight excluding hydrogens is 328 g/mol. The quantitative estimate of drug-likeness (QED) is 0.840. The normalized spacial score (nSPS) is 13.2. The number of nitrogens with one attached hydrogen (secondary N) is 1. The number of nitriles is 1. The lowest BCUT2D eigenvalue weighted by atomic mass is 9.94. The molecule has 0 saturated carbocycles. The number of phenols is 1. The summed E-state index contributed by atoms with van der Waals surface area (Å²) in [5.74, 6) is 0.258. The van der Waals surface area contributed by atoms with Crippen molar-refractivity contribution in [3.05, 3.63) is 58.6 Å². The van der Waals surface area contributed by atoms with E-state index in [4.69, 9.17) is 0 Å². The fourth-order valence-electron chi connectivity index (χ4n) is 2.06. The Hall–Kier alpha value is -1.99. The number of rotatable bonds is 5. The van der Waals surface area contributed by atoms with Gasteiger partial charge in [0.15, 0.2) is 0 Å². The van der Waals surface area contributed by atoms with Crippen molar-refractivity contribution in [1.29, 1.82) is 5.26 Å². The molecule has 0 aromatic heterocycles. The Morgan fingerprint density at radius 2 is 1.86 bits per heavy atom. The molecule has 1 unspecified atom stereocenters. The van der Waals surface area contributed by atoms with Gasteiger partial charge in [-0.25, -0.2) is 0 Å². The summed E-state index contributed by atoms with van der Waals surface area (Å²) in [5.41, 5.74) is 1.36. The maximum Gasteiger partial charge on any atom is 0.122 e. The lowest BCUT2D eigenvalue weighted by molar-refractivity contribution is 0.475. The van der Waals surface area contributed by atoms with E-state index in [2.05, 4.69) is 27.3 Å². The number of hydrogen-bond acceptors (Lipinski definition) is 3. The molecular formula is C17H17BrN2O. The van der Waals surface area contributed by atoms with Gasteiger partial charge in [-0.2, -0.15) is 5.26 Å². The number of aryl methyl sites for hydroxylation is 1. The Morgan fingerprint density at radius 3 is 2.48 bits per heavy atom. The summed E-state index contributed by atoms with van der Waals surface area (Å²) in [5, 5.41) is 22.1. The summed E-state index contributed by atoms with van der Waals surface area (Å²) in [6.45, 7) is 1.90. The van der Waals surface area contributed by atoms with Crippen molar-refractivity contribution in [3.8, 4) is 11.8 Å². The minimum atomic E-state index is -0.651. The first kappa shape index (κ1) is 15.4. The Bertz CT molecular complexity index is 649. The van der Waals surface area contributed by atoms with Crippen molar-refractivity contribution < 1.29 is 5.11 Å². The third-order valence-corrected chi connectivity index (χ3v) is 4.07. The second-order valence-electron chi connectivity index (χ2n) is 5.22. The van der Waals surface area contributed by atoms with Gasteiger partial charge in [-0.05, 0) is 65.5 Å². The average Bonchev–Trinajstić information content (AvgIpc) is 2.49. The lowest BCUT2D eigenvalue weighted by Gasteiger charge is -2.25. The maximum atomic E-state index is 9.49. The second kappa shape index (κ2) is 6.64. The highest BCUT2D eigenvalue weighted by atomic mass is 79.9. The number of halogens is 1. The largest absolute Gasteiger partial charge is 0.508 e. The SMILES string of the molecule is CC(C#N)(CCc1ccc(O)cc1)Nc1ccccc1Br. The summed E-state index contributed by atoms with van der Waals surface area (Å²) in [7, 11) is 0. The van der Waals surface area contributed by atoms with Crippen molar-refractivity contribution in [1.82, 2.24) is 0 Å². The Morgan fingerprint density at radius 1 is 1.19 bits per heavy atom. The number of phenolic OH excluding ortho intramolecular Hbond substituents is 1. The van der Waals surface area contributed by atoms with Crippen molar-refractivity contribution in [3.63, 3.8) is 0 Å². The third-order valence-electron chi connectivity index (χ3n) is 3.38. The number of anilines is 1. The Labute approximate surface area is 133 Å². The van der Waals surface area contributed by atoms with Gasteiger partial charge in [0.05, 0.1) is 6.07 Å². The lowest BCUT2D eigenvalue weighted by Crippen LogP contribution is -2.33. The summed E-state index contributed by atoms with van der Waals surface area (Å²) in [6, 6.07) is 17.2. The molecule has 3 nitrogen and oxygen atoms in total. The number of aromatic hydroxyl groups is 1. The van der Waals surface area contributed by atoms with Crippen LogP contribution in [0.1, 0.15) is 18.9 Å².